The number of hydrogen-bond donors (Lipinski definition) is 2. The maximum Gasteiger partial charge on any atom is 0.249 e. The average Bonchev–Trinajstić information content (AvgIpc) is 2.44. The molecule has 1 aromatic heterocycles. The number of benzene rings is 1. The van der Waals surface area contributed by atoms with Crippen molar-refractivity contribution in [2.45, 2.75) is 20.8 Å². The van der Waals surface area contributed by atoms with Crippen LogP contribution in [0.4, 0.5) is 17.5 Å². The minimum atomic E-state index is 0.479. The molecule has 112 valence electrons. The van der Waals surface area contributed by atoms with Gasteiger partial charge < -0.3 is 15.4 Å². The Morgan fingerprint density at radius 1 is 1.14 bits per heavy atom. The molecule has 0 saturated heterocycles. The van der Waals surface area contributed by atoms with E-state index >= 15 is 0 Å². The molecule has 0 bridgehead atoms. The molecule has 2 N–H and O–H groups in total. The highest BCUT2D eigenvalue weighted by molar-refractivity contribution is 5.64. The van der Waals surface area contributed by atoms with E-state index in [-0.39, 0.29) is 0 Å². The van der Waals surface area contributed by atoms with Gasteiger partial charge in [-0.25, -0.2) is 0 Å². The van der Waals surface area contributed by atoms with Crippen LogP contribution in [0.1, 0.15) is 16.7 Å². The van der Waals surface area contributed by atoms with Crippen LogP contribution in [0.2, 0.25) is 0 Å². The van der Waals surface area contributed by atoms with Gasteiger partial charge >= 0.3 is 0 Å². The first-order chi connectivity index (χ1) is 10.1. The predicted molar refractivity (Wildman–Crippen MR) is 84.1 cm³/mol. The van der Waals surface area contributed by atoms with E-state index in [4.69, 9.17) is 4.74 Å². The molecule has 2 aromatic rings. The van der Waals surface area contributed by atoms with Crippen LogP contribution < -0.4 is 10.6 Å². The lowest BCUT2D eigenvalue weighted by molar-refractivity contribution is 0.210. The maximum atomic E-state index is 4.99. The molecule has 21 heavy (non-hydrogen) atoms. The zero-order valence-electron chi connectivity index (χ0n) is 12.9. The minimum absolute atomic E-state index is 0.479. The minimum Gasteiger partial charge on any atom is -0.383 e. The molecule has 6 heteroatoms. The molecule has 1 heterocycles. The molecule has 0 atom stereocenters. The Morgan fingerprint density at radius 3 is 2.52 bits per heavy atom. The van der Waals surface area contributed by atoms with Crippen molar-refractivity contribution >= 4 is 17.5 Å². The molecule has 6 nitrogen and oxygen atoms in total. The smallest absolute Gasteiger partial charge is 0.249 e. The van der Waals surface area contributed by atoms with E-state index in [2.05, 4.69) is 58.7 Å². The third-order valence-corrected chi connectivity index (χ3v) is 3.08. The number of aryl methyl sites for hydroxylation is 3. The van der Waals surface area contributed by atoms with Crippen LogP contribution in [0.5, 0.6) is 0 Å². The predicted octanol–water partition coefficient (Wildman–Crippen LogP) is 2.60. The molecule has 0 fully saturated rings. The van der Waals surface area contributed by atoms with Crippen molar-refractivity contribution in [3.8, 4) is 0 Å². The summed E-state index contributed by atoms with van der Waals surface area (Å²) in [6.45, 7) is 7.51. The molecule has 1 aromatic carbocycles. The average molecular weight is 287 g/mol. The van der Waals surface area contributed by atoms with Crippen LogP contribution >= 0.6 is 0 Å². The fourth-order valence-electron chi connectivity index (χ4n) is 2.21. The molecule has 0 unspecified atom stereocenters. The van der Waals surface area contributed by atoms with E-state index in [0.717, 1.165) is 16.8 Å². The lowest BCUT2D eigenvalue weighted by Gasteiger charge is -2.13. The molecular weight excluding hydrogens is 266 g/mol. The van der Waals surface area contributed by atoms with Crippen molar-refractivity contribution in [1.29, 1.82) is 0 Å². The summed E-state index contributed by atoms with van der Waals surface area (Å²) < 4.78 is 4.99. The Kier molecular flexibility index (Phi) is 5.05. The number of anilines is 3. The van der Waals surface area contributed by atoms with Crippen molar-refractivity contribution in [1.82, 2.24) is 15.2 Å². The number of nitrogens with one attached hydrogen (secondary N) is 2. The van der Waals surface area contributed by atoms with Crippen molar-refractivity contribution in [2.24, 2.45) is 0 Å². The Bertz CT molecular complexity index is 592. The zero-order valence-corrected chi connectivity index (χ0v) is 12.9. The highest BCUT2D eigenvalue weighted by Gasteiger charge is 2.07. The normalized spacial score (nSPS) is 10.5. The van der Waals surface area contributed by atoms with Gasteiger partial charge in [-0.2, -0.15) is 10.1 Å². The topological polar surface area (TPSA) is 72.0 Å². The molecule has 0 aliphatic rings. The van der Waals surface area contributed by atoms with Crippen LogP contribution in [-0.4, -0.2) is 35.4 Å². The molecule has 0 saturated carbocycles. The summed E-state index contributed by atoms with van der Waals surface area (Å²) in [7, 11) is 1.66. The molecule has 0 amide bonds. The van der Waals surface area contributed by atoms with Crippen LogP contribution in [0.25, 0.3) is 0 Å². The highest BCUT2D eigenvalue weighted by atomic mass is 16.5. The second-order valence-electron chi connectivity index (χ2n) is 4.98. The number of aromatic nitrogens is 3. The number of nitrogens with zero attached hydrogens (tertiary/aromatic N) is 3. The third kappa shape index (κ3) is 4.13. The summed E-state index contributed by atoms with van der Waals surface area (Å²) in [5.74, 6) is 1.15. The van der Waals surface area contributed by atoms with Gasteiger partial charge in [0.05, 0.1) is 12.8 Å². The highest BCUT2D eigenvalue weighted by Crippen LogP contribution is 2.24. The summed E-state index contributed by atoms with van der Waals surface area (Å²) in [5.41, 5.74) is 4.59. The third-order valence-electron chi connectivity index (χ3n) is 3.08. The van der Waals surface area contributed by atoms with Gasteiger partial charge in [0.2, 0.25) is 5.95 Å². The molecule has 2 rings (SSSR count). The Labute approximate surface area is 125 Å². The fraction of sp³-hybridized carbons (Fsp3) is 0.400. The van der Waals surface area contributed by atoms with Gasteiger partial charge in [-0.1, -0.05) is 17.7 Å². The van der Waals surface area contributed by atoms with Gasteiger partial charge in [0, 0.05) is 19.3 Å². The van der Waals surface area contributed by atoms with Crippen molar-refractivity contribution in [3.63, 3.8) is 0 Å². The zero-order chi connectivity index (χ0) is 15.2. The first kappa shape index (κ1) is 15.2. The largest absolute Gasteiger partial charge is 0.383 e. The fourth-order valence-corrected chi connectivity index (χ4v) is 2.21. The Morgan fingerprint density at radius 2 is 1.86 bits per heavy atom. The van der Waals surface area contributed by atoms with E-state index in [1.807, 2.05) is 0 Å². The van der Waals surface area contributed by atoms with Crippen molar-refractivity contribution in [2.75, 3.05) is 30.9 Å². The molecule has 0 aliphatic heterocycles. The Hall–Kier alpha value is -2.21. The first-order valence-corrected chi connectivity index (χ1v) is 6.87. The molecular formula is C15H21N5O. The van der Waals surface area contributed by atoms with Gasteiger partial charge in [-0.3, -0.25) is 0 Å². The van der Waals surface area contributed by atoms with Crippen LogP contribution in [-0.2, 0) is 4.74 Å². The van der Waals surface area contributed by atoms with Crippen LogP contribution in [0.15, 0.2) is 18.3 Å². The van der Waals surface area contributed by atoms with E-state index in [1.54, 1.807) is 13.3 Å². The molecule has 0 radical (unpaired) electrons. The SMILES string of the molecule is COCCNc1cnnc(Nc2c(C)cc(C)cc2C)n1. The maximum absolute atomic E-state index is 4.99. The van der Waals surface area contributed by atoms with E-state index in [0.29, 0.717) is 24.9 Å². The summed E-state index contributed by atoms with van der Waals surface area (Å²) in [6, 6.07) is 4.26. The van der Waals surface area contributed by atoms with Crippen molar-refractivity contribution < 1.29 is 4.74 Å². The lowest BCUT2D eigenvalue weighted by atomic mass is 10.1. The second kappa shape index (κ2) is 6.99. The summed E-state index contributed by atoms with van der Waals surface area (Å²) in [6.07, 6.45) is 1.59. The summed E-state index contributed by atoms with van der Waals surface area (Å²) in [5, 5.41) is 14.4. The number of methoxy groups -OCH3 is 1. The first-order valence-electron chi connectivity index (χ1n) is 6.87. The Balaban J connectivity index is 2.15. The quantitative estimate of drug-likeness (QED) is 0.796. The van der Waals surface area contributed by atoms with Gasteiger partial charge in [0.25, 0.3) is 0 Å². The van der Waals surface area contributed by atoms with Gasteiger partial charge in [-0.15, -0.1) is 5.10 Å². The number of hydrogen-bond acceptors (Lipinski definition) is 6. The number of rotatable bonds is 6. The summed E-state index contributed by atoms with van der Waals surface area (Å²) >= 11 is 0. The van der Waals surface area contributed by atoms with E-state index in [1.165, 1.54) is 5.56 Å². The van der Waals surface area contributed by atoms with Crippen molar-refractivity contribution in [3.05, 3.63) is 35.0 Å². The molecule has 0 spiro atoms. The van der Waals surface area contributed by atoms with Crippen LogP contribution in [0, 0.1) is 20.8 Å². The second-order valence-corrected chi connectivity index (χ2v) is 4.98. The number of ether oxygens (including phenoxy) is 1. The van der Waals surface area contributed by atoms with Gasteiger partial charge in [-0.05, 0) is 31.9 Å². The lowest BCUT2D eigenvalue weighted by Crippen LogP contribution is -2.11. The standard InChI is InChI=1S/C15H21N5O/c1-10-7-11(2)14(12(3)8-10)19-15-18-13(9-17-20-15)16-5-6-21-4/h7-9H,5-6H2,1-4H3,(H2,16,18,19,20). The van der Waals surface area contributed by atoms with Crippen LogP contribution in [0.3, 0.4) is 0 Å². The monoisotopic (exact) mass is 287 g/mol. The van der Waals surface area contributed by atoms with E-state index < -0.39 is 0 Å². The summed E-state index contributed by atoms with van der Waals surface area (Å²) in [4.78, 5) is 4.39. The van der Waals surface area contributed by atoms with Gasteiger partial charge in [0.15, 0.2) is 5.82 Å². The van der Waals surface area contributed by atoms with E-state index in [9.17, 15) is 0 Å². The van der Waals surface area contributed by atoms with Gasteiger partial charge in [0.1, 0.15) is 0 Å². The molecule has 0 aliphatic carbocycles.